The van der Waals surface area contributed by atoms with Gasteiger partial charge >= 0.3 is 0 Å². The minimum absolute atomic E-state index is 0. The van der Waals surface area contributed by atoms with Gasteiger partial charge < -0.3 is 5.48 Å². The number of hydrogen-bond acceptors (Lipinski definition) is 3. The fourth-order valence-electron chi connectivity index (χ4n) is 0. The summed E-state index contributed by atoms with van der Waals surface area (Å²) < 4.78 is 0. The van der Waals surface area contributed by atoms with Crippen LogP contribution in [-0.4, -0.2) is 5.48 Å². The number of rotatable bonds is 0. The lowest BCUT2D eigenvalue weighted by molar-refractivity contribution is 0.824. The first kappa shape index (κ1) is 76.2. The maximum absolute atomic E-state index is 7.00. The molecule has 0 heterocycles. The summed E-state index contributed by atoms with van der Waals surface area (Å²) in [5.41, 5.74) is 0. The van der Waals surface area contributed by atoms with Gasteiger partial charge in [0.2, 0.25) is 0 Å². The predicted octanol–water partition coefficient (Wildman–Crippen LogP) is 4.24. The smallest absolute Gasteiger partial charge is 0 e. The zero-order chi connectivity index (χ0) is 6.71. The van der Waals surface area contributed by atoms with Gasteiger partial charge in [-0.05, 0) is 0 Å². The van der Waals surface area contributed by atoms with Crippen molar-refractivity contribution in [3.63, 3.8) is 0 Å². The second-order valence-electron chi connectivity index (χ2n) is 0.707. The second-order valence-corrected chi connectivity index (χ2v) is 0.707. The predicted molar refractivity (Wildman–Crippen MR) is 56.2 cm³/mol. The molecule has 0 aromatic rings. The molecule has 3 nitrogen and oxygen atoms in total. The molecule has 11 heavy (non-hydrogen) atoms. The van der Waals surface area contributed by atoms with Crippen LogP contribution in [0.2, 0.25) is 0 Å². The van der Waals surface area contributed by atoms with Gasteiger partial charge in [-0.25, -0.2) is 0 Å². The van der Waals surface area contributed by atoms with Gasteiger partial charge in [-0.1, -0.05) is 56.4 Å². The van der Waals surface area contributed by atoms with Crippen LogP contribution in [0.4, 0.5) is 0 Å². The van der Waals surface area contributed by atoms with Crippen LogP contribution in [-0.2, 0) is 0 Å². The third-order valence-corrected chi connectivity index (χ3v) is 0. The van der Waals surface area contributed by atoms with E-state index in [0.717, 1.165) is 0 Å². The van der Waals surface area contributed by atoms with Gasteiger partial charge in [0.15, 0.2) is 0 Å². The van der Waals surface area contributed by atoms with Gasteiger partial charge in [-0.15, -0.1) is 0 Å². The monoisotopic (exact) mass is 171 g/mol. The molecule has 1 N–H and O–H groups in total. The minimum atomic E-state index is 0. The van der Waals surface area contributed by atoms with Crippen molar-refractivity contribution in [3.05, 3.63) is 9.93 Å². The van der Waals surface area contributed by atoms with Crippen LogP contribution < -0.4 is 0 Å². The summed E-state index contributed by atoms with van der Waals surface area (Å²) >= 11 is 0. The van der Waals surface area contributed by atoms with E-state index in [2.05, 4.69) is 13.8 Å². The highest BCUT2D eigenvalue weighted by Gasteiger charge is 1.35. The molecule has 0 saturated carbocycles. The first-order valence-corrected chi connectivity index (χ1v) is 2.58. The van der Waals surface area contributed by atoms with E-state index in [-0.39, 0.29) is 27.8 Å². The second kappa shape index (κ2) is 2230. The van der Waals surface area contributed by atoms with Crippen molar-refractivity contribution < 1.29 is 5.48 Å². The first-order valence-electron chi connectivity index (χ1n) is 2.58. The third-order valence-electron chi connectivity index (χ3n) is 0. The molecule has 0 saturated heterocycles. The minimum Gasteiger partial charge on any atom is -0.870 e. The maximum Gasteiger partial charge on any atom is 0 e. The fraction of sp³-hybridized carbons (Fsp3) is 1.00. The van der Waals surface area contributed by atoms with E-state index in [4.69, 9.17) is 9.93 Å². The van der Waals surface area contributed by atoms with Gasteiger partial charge in [0.25, 0.3) is 0 Å². The maximum atomic E-state index is 7.00. The molecule has 0 amide bonds. The van der Waals surface area contributed by atoms with Crippen LogP contribution >= 0.6 is 0 Å². The lowest BCUT2D eigenvalue weighted by Gasteiger charge is -1.48. The van der Waals surface area contributed by atoms with Crippen molar-refractivity contribution in [2.24, 2.45) is 0 Å². The summed E-state index contributed by atoms with van der Waals surface area (Å²) in [6, 6.07) is 0. The molecule has 0 atom stereocenters. The van der Waals surface area contributed by atoms with Crippen molar-refractivity contribution in [1.82, 2.24) is 0 Å². The zero-order valence-corrected chi connectivity index (χ0v) is 5.97. The van der Waals surface area contributed by atoms with Crippen LogP contribution in [0, 0.1) is 9.93 Å². The Morgan fingerprint density at radius 3 is 0.818 bits per heavy atom. The Balaban J connectivity index is -0.00000000378. The molecule has 0 aliphatic carbocycles. The largest absolute Gasteiger partial charge is 0.870 e. The van der Waals surface area contributed by atoms with E-state index in [1.54, 1.807) is 0 Å². The zero-order valence-electron chi connectivity index (χ0n) is 5.97. The summed E-state index contributed by atoms with van der Waals surface area (Å²) in [6.07, 6.45) is 1.25. The van der Waals surface area contributed by atoms with Crippen molar-refractivity contribution in [1.29, 1.82) is 0 Å². The molecule has 0 unspecified atom stereocenters. The molecule has 0 fully saturated rings. The molecule has 78 valence electrons. The van der Waals surface area contributed by atoms with Crippen LogP contribution in [0.15, 0.2) is 0 Å². The van der Waals surface area contributed by atoms with Crippen LogP contribution in [0.5, 0.6) is 0 Å². The quantitative estimate of drug-likeness (QED) is 0.547. The van der Waals surface area contributed by atoms with Gasteiger partial charge in [0, 0.05) is 9.93 Å². The van der Waals surface area contributed by atoms with Gasteiger partial charge in [0.05, 0.1) is 0 Å². The Kier molecular flexibility index (Phi) is 15500. The molecule has 0 aliphatic heterocycles. The van der Waals surface area contributed by atoms with Gasteiger partial charge in [0.1, 0.15) is 0 Å². The summed E-state index contributed by atoms with van der Waals surface area (Å²) in [6.45, 7) is 8.25. The topological polar surface area (TPSA) is 64.1 Å². The highest BCUT2D eigenvalue weighted by molar-refractivity contribution is 4.07. The first-order chi connectivity index (χ1) is 3.41. The lowest BCUT2D eigenvalue weighted by Crippen LogP contribution is -1.27. The van der Waals surface area contributed by atoms with Crippen LogP contribution in [0.25, 0.3) is 0 Å². The van der Waals surface area contributed by atoms with E-state index in [1.165, 1.54) is 6.42 Å². The molecule has 0 spiro atoms. The third kappa shape index (κ3) is 2820. The summed E-state index contributed by atoms with van der Waals surface area (Å²) in [4.78, 5) is 14.0. The average Bonchev–Trinajstić information content (AvgIpc) is 1.78. The normalized spacial score (nSPS) is 2.55. The molecule has 0 aromatic carbocycles. The highest BCUT2D eigenvalue weighted by Crippen LogP contribution is 1.56. The Bertz CT molecular complexity index is 13.3. The van der Waals surface area contributed by atoms with E-state index in [1.807, 2.05) is 13.8 Å². The molecular formula is C8H27O3-. The van der Waals surface area contributed by atoms with Crippen LogP contribution in [0.1, 0.15) is 56.4 Å². The highest BCUT2D eigenvalue weighted by atomic mass is 16.7. The molecule has 0 rings (SSSR count). The molecule has 3 heteroatoms. The van der Waals surface area contributed by atoms with Crippen molar-refractivity contribution in [2.45, 2.75) is 56.4 Å². The summed E-state index contributed by atoms with van der Waals surface area (Å²) in [5, 5.41) is 0. The summed E-state index contributed by atoms with van der Waals surface area (Å²) in [7, 11) is 0. The Morgan fingerprint density at radius 1 is 0.818 bits per heavy atom. The molecule has 0 aliphatic rings. The average molecular weight is 171 g/mol. The van der Waals surface area contributed by atoms with E-state index >= 15 is 0 Å². The number of hydrogen-bond donors (Lipinski definition) is 0. The SMILES string of the molecule is C.C.C.CC.CCC.O=O.[OH-]. The molecule has 0 radical (unpaired) electrons. The molecular weight excluding hydrogens is 144 g/mol. The van der Waals surface area contributed by atoms with E-state index in [0.29, 0.717) is 0 Å². The standard InChI is InChI=1S/C3H8.C2H6.3CH4.O2.H2O/c1-3-2;1-2;;;;1-2;/h3H2,1-2H3;1-2H3;3*1H4;;1H2/p-1. The van der Waals surface area contributed by atoms with Gasteiger partial charge in [-0.2, -0.15) is 0 Å². The van der Waals surface area contributed by atoms with Crippen LogP contribution in [0.3, 0.4) is 0 Å². The lowest BCUT2D eigenvalue weighted by atomic mass is 10.6. The van der Waals surface area contributed by atoms with Crippen molar-refractivity contribution >= 4 is 0 Å². The van der Waals surface area contributed by atoms with Crippen molar-refractivity contribution in [3.8, 4) is 0 Å². The fourth-order valence-corrected chi connectivity index (χ4v) is 0. The van der Waals surface area contributed by atoms with Crippen molar-refractivity contribution in [2.75, 3.05) is 0 Å². The van der Waals surface area contributed by atoms with Gasteiger partial charge in [-0.3, -0.25) is 0 Å². The Labute approximate surface area is 72.7 Å². The Hall–Kier alpha value is -0.440. The van der Waals surface area contributed by atoms with E-state index < -0.39 is 0 Å². The molecule has 0 aromatic heterocycles. The van der Waals surface area contributed by atoms with E-state index in [9.17, 15) is 0 Å². The molecule has 0 bridgehead atoms. The Morgan fingerprint density at radius 2 is 0.818 bits per heavy atom. The summed E-state index contributed by atoms with van der Waals surface area (Å²) in [5.74, 6) is 0.